The molecule has 0 radical (unpaired) electrons. The summed E-state index contributed by atoms with van der Waals surface area (Å²) in [6, 6.07) is 21.8. The summed E-state index contributed by atoms with van der Waals surface area (Å²) in [6.45, 7) is 1.44. The summed E-state index contributed by atoms with van der Waals surface area (Å²) in [4.78, 5) is 41.1. The molecule has 0 aromatic heterocycles. The van der Waals surface area contributed by atoms with Crippen molar-refractivity contribution >= 4 is 34.7 Å². The summed E-state index contributed by atoms with van der Waals surface area (Å²) >= 11 is 0. The van der Waals surface area contributed by atoms with Gasteiger partial charge < -0.3 is 10.2 Å². The lowest BCUT2D eigenvalue weighted by molar-refractivity contribution is -0.137. The first-order valence-corrected chi connectivity index (χ1v) is 10.4. The third kappa shape index (κ3) is 4.52. The Bertz CT molecular complexity index is 1240. The number of carbonyl (C=O) groups excluding carboxylic acids is 3. The van der Waals surface area contributed by atoms with E-state index in [0.29, 0.717) is 16.8 Å². The van der Waals surface area contributed by atoms with Crippen molar-refractivity contribution in [2.45, 2.75) is 13.5 Å². The van der Waals surface area contributed by atoms with Gasteiger partial charge in [-0.15, -0.1) is 0 Å². The number of likely N-dealkylation sites (N-methyl/N-ethyl adjacent to an activating group) is 1. The van der Waals surface area contributed by atoms with Gasteiger partial charge in [-0.1, -0.05) is 42.5 Å². The molecule has 6 nitrogen and oxygen atoms in total. The number of benzene rings is 3. The number of anilines is 2. The minimum absolute atomic E-state index is 0.0253. The van der Waals surface area contributed by atoms with Gasteiger partial charge in [0.2, 0.25) is 5.91 Å². The normalized spacial score (nSPS) is 13.5. The lowest BCUT2D eigenvalue weighted by Gasteiger charge is -2.21. The van der Waals surface area contributed by atoms with Crippen LogP contribution < -0.4 is 10.2 Å². The van der Waals surface area contributed by atoms with Crippen LogP contribution in [0.2, 0.25) is 0 Å². The summed E-state index contributed by atoms with van der Waals surface area (Å²) in [7, 11) is 1.74. The lowest BCUT2D eigenvalue weighted by Crippen LogP contribution is -2.33. The van der Waals surface area contributed by atoms with Crippen molar-refractivity contribution in [1.29, 1.82) is 0 Å². The number of hydrogen-bond acceptors (Lipinski definition) is 4. The quantitative estimate of drug-likeness (QED) is 0.580. The van der Waals surface area contributed by atoms with Gasteiger partial charge in [0.15, 0.2) is 0 Å². The summed E-state index contributed by atoms with van der Waals surface area (Å²) in [5, 5.41) is 2.69. The fourth-order valence-corrected chi connectivity index (χ4v) is 3.75. The van der Waals surface area contributed by atoms with Gasteiger partial charge in [0.25, 0.3) is 11.8 Å². The van der Waals surface area contributed by atoms with E-state index in [1.54, 1.807) is 48.3 Å². The van der Waals surface area contributed by atoms with E-state index in [4.69, 9.17) is 0 Å². The van der Waals surface area contributed by atoms with Crippen molar-refractivity contribution < 1.29 is 18.8 Å². The van der Waals surface area contributed by atoms with Gasteiger partial charge in [-0.2, -0.15) is 0 Å². The van der Waals surface area contributed by atoms with Crippen molar-refractivity contribution in [3.8, 4) is 0 Å². The molecule has 4 rings (SSSR count). The summed E-state index contributed by atoms with van der Waals surface area (Å²) < 4.78 is 13.3. The molecule has 1 heterocycles. The molecular formula is C26H22FN3O3. The molecule has 3 aromatic rings. The Morgan fingerprint density at radius 1 is 0.909 bits per heavy atom. The van der Waals surface area contributed by atoms with Crippen molar-refractivity contribution in [2.75, 3.05) is 17.3 Å². The first-order chi connectivity index (χ1) is 15.8. The number of amides is 3. The monoisotopic (exact) mass is 443 g/mol. The van der Waals surface area contributed by atoms with Crippen LogP contribution in [-0.2, 0) is 20.9 Å². The Labute approximate surface area is 190 Å². The molecule has 166 valence electrons. The van der Waals surface area contributed by atoms with Gasteiger partial charge in [-0.25, -0.2) is 4.39 Å². The van der Waals surface area contributed by atoms with Gasteiger partial charge >= 0.3 is 0 Å². The van der Waals surface area contributed by atoms with E-state index < -0.39 is 11.8 Å². The highest BCUT2D eigenvalue weighted by Gasteiger charge is 2.41. The molecule has 0 aliphatic carbocycles. The molecule has 0 saturated carbocycles. The third-order valence-corrected chi connectivity index (χ3v) is 5.37. The van der Waals surface area contributed by atoms with Crippen molar-refractivity contribution in [1.82, 2.24) is 4.90 Å². The number of para-hydroxylation sites is 1. The molecule has 3 aromatic carbocycles. The third-order valence-electron chi connectivity index (χ3n) is 5.37. The molecule has 0 saturated heterocycles. The Morgan fingerprint density at radius 2 is 1.55 bits per heavy atom. The Kier molecular flexibility index (Phi) is 6.04. The van der Waals surface area contributed by atoms with Crippen LogP contribution in [0.15, 0.2) is 84.6 Å². The molecule has 1 aliphatic rings. The first kappa shape index (κ1) is 22.0. The van der Waals surface area contributed by atoms with E-state index >= 15 is 0 Å². The predicted octanol–water partition coefficient (Wildman–Crippen LogP) is 4.20. The average Bonchev–Trinajstić information content (AvgIpc) is 3.05. The van der Waals surface area contributed by atoms with Crippen LogP contribution in [-0.4, -0.2) is 29.7 Å². The maximum Gasteiger partial charge on any atom is 0.278 e. The van der Waals surface area contributed by atoms with E-state index in [9.17, 15) is 18.8 Å². The second-order valence-corrected chi connectivity index (χ2v) is 7.70. The number of nitrogens with zero attached hydrogens (tertiary/aromatic N) is 2. The van der Waals surface area contributed by atoms with Gasteiger partial charge in [0.05, 0.1) is 12.1 Å². The SMILES string of the molecule is CC(=O)Nc1ccc(C2=C(N(C)c3ccccc3)C(=O)N(Cc3ccc(F)cc3)C2=O)cc1. The lowest BCUT2D eigenvalue weighted by atomic mass is 10.0. The van der Waals surface area contributed by atoms with Crippen LogP contribution in [0.4, 0.5) is 15.8 Å². The molecule has 0 bridgehead atoms. The van der Waals surface area contributed by atoms with E-state index in [1.807, 2.05) is 30.3 Å². The zero-order valence-corrected chi connectivity index (χ0v) is 18.2. The van der Waals surface area contributed by atoms with Crippen LogP contribution in [0, 0.1) is 5.82 Å². The minimum Gasteiger partial charge on any atom is -0.339 e. The maximum absolute atomic E-state index is 13.5. The molecule has 0 spiro atoms. The molecule has 0 unspecified atom stereocenters. The van der Waals surface area contributed by atoms with E-state index in [1.165, 1.54) is 24.0 Å². The van der Waals surface area contributed by atoms with Crippen LogP contribution in [0.1, 0.15) is 18.1 Å². The second kappa shape index (κ2) is 9.08. The van der Waals surface area contributed by atoms with Crippen LogP contribution in [0.3, 0.4) is 0 Å². The predicted molar refractivity (Wildman–Crippen MR) is 124 cm³/mol. The standard InChI is InChI=1S/C26H22FN3O3/c1-17(31)28-21-14-10-19(11-15-21)23-24(29(2)22-6-4-3-5-7-22)26(33)30(25(23)32)16-18-8-12-20(27)13-9-18/h3-15H,16H2,1-2H3,(H,28,31). The fourth-order valence-electron chi connectivity index (χ4n) is 3.75. The number of rotatable bonds is 6. The first-order valence-electron chi connectivity index (χ1n) is 10.4. The van der Waals surface area contributed by atoms with Crippen LogP contribution in [0.25, 0.3) is 5.57 Å². The molecule has 7 heteroatoms. The maximum atomic E-state index is 13.5. The average molecular weight is 443 g/mol. The zero-order valence-electron chi connectivity index (χ0n) is 18.2. The molecule has 3 amide bonds. The number of imide groups is 1. The second-order valence-electron chi connectivity index (χ2n) is 7.70. The van der Waals surface area contributed by atoms with Gasteiger partial charge in [0.1, 0.15) is 11.5 Å². The minimum atomic E-state index is -0.436. The molecular weight excluding hydrogens is 421 g/mol. The summed E-state index contributed by atoms with van der Waals surface area (Å²) in [5.41, 5.74) is 3.06. The fraction of sp³-hybridized carbons (Fsp3) is 0.115. The topological polar surface area (TPSA) is 69.7 Å². The molecule has 0 atom stereocenters. The molecule has 0 fully saturated rings. The van der Waals surface area contributed by atoms with Gasteiger partial charge in [-0.05, 0) is 47.5 Å². The summed E-state index contributed by atoms with van der Waals surface area (Å²) in [5.74, 6) is -1.46. The van der Waals surface area contributed by atoms with Crippen molar-refractivity contribution in [3.05, 3.63) is 102 Å². The Morgan fingerprint density at radius 3 is 2.15 bits per heavy atom. The van der Waals surface area contributed by atoms with Gasteiger partial charge in [0, 0.05) is 25.3 Å². The highest BCUT2D eigenvalue weighted by Crippen LogP contribution is 2.34. The highest BCUT2D eigenvalue weighted by atomic mass is 19.1. The smallest absolute Gasteiger partial charge is 0.278 e. The van der Waals surface area contributed by atoms with Crippen molar-refractivity contribution in [3.63, 3.8) is 0 Å². The number of carbonyl (C=O) groups is 3. The molecule has 1 N–H and O–H groups in total. The zero-order chi connectivity index (χ0) is 23.5. The largest absolute Gasteiger partial charge is 0.339 e. The van der Waals surface area contributed by atoms with Crippen LogP contribution >= 0.6 is 0 Å². The Balaban J connectivity index is 1.75. The molecule has 33 heavy (non-hydrogen) atoms. The number of hydrogen-bond donors (Lipinski definition) is 1. The van der Waals surface area contributed by atoms with E-state index in [-0.39, 0.29) is 29.5 Å². The Hall–Kier alpha value is -4.26. The molecule has 1 aliphatic heterocycles. The number of halogens is 1. The van der Waals surface area contributed by atoms with Crippen molar-refractivity contribution in [2.24, 2.45) is 0 Å². The van der Waals surface area contributed by atoms with Crippen LogP contribution in [0.5, 0.6) is 0 Å². The van der Waals surface area contributed by atoms with E-state index in [0.717, 1.165) is 5.69 Å². The summed E-state index contributed by atoms with van der Waals surface area (Å²) in [6.07, 6.45) is 0. The number of nitrogens with one attached hydrogen (secondary N) is 1. The van der Waals surface area contributed by atoms with E-state index in [2.05, 4.69) is 5.32 Å². The van der Waals surface area contributed by atoms with Gasteiger partial charge in [-0.3, -0.25) is 19.3 Å². The highest BCUT2D eigenvalue weighted by molar-refractivity contribution is 6.36.